The van der Waals surface area contributed by atoms with Gasteiger partial charge in [-0.3, -0.25) is 0 Å². The van der Waals surface area contributed by atoms with Crippen molar-refractivity contribution in [3.63, 3.8) is 0 Å². The second-order valence-corrected chi connectivity index (χ2v) is 6.76. The lowest BCUT2D eigenvalue weighted by atomic mass is 9.75. The van der Waals surface area contributed by atoms with Gasteiger partial charge < -0.3 is 14.6 Å². The maximum absolute atomic E-state index is 9.76. The van der Waals surface area contributed by atoms with E-state index in [1.807, 2.05) is 6.92 Å². The highest BCUT2D eigenvalue weighted by atomic mass is 16.6. The van der Waals surface area contributed by atoms with Crippen LogP contribution in [0.4, 0.5) is 0 Å². The molecule has 6 unspecified atom stereocenters. The molecule has 2 saturated carbocycles. The fraction of sp³-hybridized carbons (Fsp3) is 1.00. The molecular weight excluding hydrogens is 240 g/mol. The van der Waals surface area contributed by atoms with Crippen LogP contribution in [-0.4, -0.2) is 36.1 Å². The molecule has 0 heterocycles. The summed E-state index contributed by atoms with van der Waals surface area (Å²) in [6.07, 6.45) is 4.52. The first kappa shape index (κ1) is 15.3. The summed E-state index contributed by atoms with van der Waals surface area (Å²) in [6.45, 7) is 9.54. The van der Waals surface area contributed by atoms with Gasteiger partial charge in [-0.05, 0) is 37.5 Å². The quantitative estimate of drug-likeness (QED) is 0.834. The molecule has 0 spiro atoms. The van der Waals surface area contributed by atoms with Gasteiger partial charge in [0.15, 0.2) is 0 Å². The summed E-state index contributed by atoms with van der Waals surface area (Å²) in [5.74, 6) is 2.10. The third-order valence-electron chi connectivity index (χ3n) is 4.89. The van der Waals surface area contributed by atoms with Crippen LogP contribution in [0.15, 0.2) is 0 Å². The number of aliphatic hydroxyl groups excluding tert-OH is 1. The van der Waals surface area contributed by atoms with E-state index in [0.717, 1.165) is 18.8 Å². The van der Waals surface area contributed by atoms with Gasteiger partial charge in [0.2, 0.25) is 0 Å². The number of hydrogen-bond donors (Lipinski definition) is 1. The third-order valence-corrected chi connectivity index (χ3v) is 4.89. The average molecular weight is 270 g/mol. The Labute approximate surface area is 117 Å². The number of ether oxygens (including phenoxy) is 2. The summed E-state index contributed by atoms with van der Waals surface area (Å²) >= 11 is 0. The van der Waals surface area contributed by atoms with Crippen molar-refractivity contribution >= 4 is 0 Å². The average Bonchev–Trinajstić information content (AvgIpc) is 2.35. The van der Waals surface area contributed by atoms with Crippen LogP contribution < -0.4 is 0 Å². The second-order valence-electron chi connectivity index (χ2n) is 6.76. The van der Waals surface area contributed by atoms with E-state index in [1.54, 1.807) is 0 Å². The summed E-state index contributed by atoms with van der Waals surface area (Å²) in [5.41, 5.74) is 0. The topological polar surface area (TPSA) is 38.7 Å². The van der Waals surface area contributed by atoms with E-state index in [-0.39, 0.29) is 18.3 Å². The van der Waals surface area contributed by atoms with Gasteiger partial charge in [0.05, 0.1) is 18.3 Å². The monoisotopic (exact) mass is 270 g/mol. The van der Waals surface area contributed by atoms with E-state index in [2.05, 4.69) is 20.8 Å². The number of rotatable bonds is 5. The fourth-order valence-electron chi connectivity index (χ4n) is 3.60. The second kappa shape index (κ2) is 6.55. The molecule has 0 amide bonds. The van der Waals surface area contributed by atoms with Crippen LogP contribution in [0.25, 0.3) is 0 Å². The number of hydrogen-bond acceptors (Lipinski definition) is 3. The lowest BCUT2D eigenvalue weighted by molar-refractivity contribution is -0.220. The Morgan fingerprint density at radius 1 is 1.16 bits per heavy atom. The molecule has 0 bridgehead atoms. The Hall–Kier alpha value is -0.120. The van der Waals surface area contributed by atoms with E-state index < -0.39 is 0 Å². The molecule has 0 saturated heterocycles. The highest BCUT2D eigenvalue weighted by Crippen LogP contribution is 2.38. The zero-order chi connectivity index (χ0) is 14.0. The molecule has 0 aromatic carbocycles. The lowest BCUT2D eigenvalue weighted by Crippen LogP contribution is -2.56. The first-order valence-corrected chi connectivity index (χ1v) is 7.98. The molecular formula is C16H30O3. The minimum atomic E-state index is -0.330. The van der Waals surface area contributed by atoms with Gasteiger partial charge in [-0.15, -0.1) is 0 Å². The lowest BCUT2D eigenvalue weighted by Gasteiger charge is -2.46. The van der Waals surface area contributed by atoms with Crippen molar-refractivity contribution in [1.82, 2.24) is 0 Å². The standard InChI is InChI=1S/C16H30O3/c1-5-18-16-13(17)9-15(16)19-14-8-11(4)6-7-12(14)10(2)3/h10-17H,5-9H2,1-4H3. The molecule has 3 nitrogen and oxygen atoms in total. The van der Waals surface area contributed by atoms with E-state index in [9.17, 15) is 5.11 Å². The fourth-order valence-corrected chi connectivity index (χ4v) is 3.60. The van der Waals surface area contributed by atoms with Gasteiger partial charge in [-0.2, -0.15) is 0 Å². The van der Waals surface area contributed by atoms with Crippen LogP contribution in [0.2, 0.25) is 0 Å². The molecule has 19 heavy (non-hydrogen) atoms. The van der Waals surface area contributed by atoms with Gasteiger partial charge >= 0.3 is 0 Å². The van der Waals surface area contributed by atoms with E-state index in [0.29, 0.717) is 24.5 Å². The Kier molecular flexibility index (Phi) is 5.27. The zero-order valence-electron chi connectivity index (χ0n) is 12.8. The van der Waals surface area contributed by atoms with Gasteiger partial charge in [0.1, 0.15) is 6.10 Å². The van der Waals surface area contributed by atoms with Crippen LogP contribution in [0.1, 0.15) is 53.4 Å². The number of aliphatic hydroxyl groups is 1. The summed E-state index contributed by atoms with van der Waals surface area (Å²) in [6, 6.07) is 0. The molecule has 0 aromatic heterocycles. The summed E-state index contributed by atoms with van der Waals surface area (Å²) in [4.78, 5) is 0. The van der Waals surface area contributed by atoms with Gasteiger partial charge in [-0.1, -0.05) is 27.2 Å². The third kappa shape index (κ3) is 3.50. The Morgan fingerprint density at radius 2 is 1.89 bits per heavy atom. The SMILES string of the molecule is CCOC1C(O)CC1OC1CC(C)CCC1C(C)C. The Bertz CT molecular complexity index is 279. The largest absolute Gasteiger partial charge is 0.390 e. The first-order chi connectivity index (χ1) is 9.02. The molecule has 2 rings (SSSR count). The van der Waals surface area contributed by atoms with Crippen molar-refractivity contribution in [3.8, 4) is 0 Å². The molecule has 2 aliphatic carbocycles. The van der Waals surface area contributed by atoms with Gasteiger partial charge in [0, 0.05) is 13.0 Å². The minimum absolute atomic E-state index is 0.102. The van der Waals surface area contributed by atoms with Crippen LogP contribution >= 0.6 is 0 Å². The van der Waals surface area contributed by atoms with Crippen molar-refractivity contribution in [2.24, 2.45) is 17.8 Å². The summed E-state index contributed by atoms with van der Waals surface area (Å²) < 4.78 is 11.9. The summed E-state index contributed by atoms with van der Waals surface area (Å²) in [5, 5.41) is 9.76. The molecule has 3 heteroatoms. The highest BCUT2D eigenvalue weighted by Gasteiger charge is 2.44. The van der Waals surface area contributed by atoms with Crippen molar-refractivity contribution in [3.05, 3.63) is 0 Å². The van der Waals surface area contributed by atoms with Crippen molar-refractivity contribution in [2.45, 2.75) is 77.8 Å². The maximum Gasteiger partial charge on any atom is 0.110 e. The van der Waals surface area contributed by atoms with Crippen molar-refractivity contribution in [1.29, 1.82) is 0 Å². The van der Waals surface area contributed by atoms with E-state index in [1.165, 1.54) is 12.8 Å². The molecule has 0 aliphatic heterocycles. The minimum Gasteiger partial charge on any atom is -0.390 e. The molecule has 6 atom stereocenters. The van der Waals surface area contributed by atoms with E-state index >= 15 is 0 Å². The summed E-state index contributed by atoms with van der Waals surface area (Å²) in [7, 11) is 0. The Balaban J connectivity index is 1.91. The molecule has 0 radical (unpaired) electrons. The highest BCUT2D eigenvalue weighted by molar-refractivity contribution is 4.94. The van der Waals surface area contributed by atoms with Crippen LogP contribution in [0, 0.1) is 17.8 Å². The Morgan fingerprint density at radius 3 is 2.47 bits per heavy atom. The van der Waals surface area contributed by atoms with E-state index in [4.69, 9.17) is 9.47 Å². The van der Waals surface area contributed by atoms with Gasteiger partial charge in [-0.25, -0.2) is 0 Å². The van der Waals surface area contributed by atoms with Gasteiger partial charge in [0.25, 0.3) is 0 Å². The molecule has 0 aromatic rings. The molecule has 2 fully saturated rings. The first-order valence-electron chi connectivity index (χ1n) is 7.98. The van der Waals surface area contributed by atoms with Crippen molar-refractivity contribution < 1.29 is 14.6 Å². The predicted octanol–water partition coefficient (Wildman–Crippen LogP) is 3.00. The molecule has 1 N–H and O–H groups in total. The normalized spacial score (nSPS) is 43.3. The maximum atomic E-state index is 9.76. The predicted molar refractivity (Wildman–Crippen MR) is 76.0 cm³/mol. The molecule has 2 aliphatic rings. The zero-order valence-corrected chi connectivity index (χ0v) is 12.8. The smallest absolute Gasteiger partial charge is 0.110 e. The van der Waals surface area contributed by atoms with Crippen molar-refractivity contribution in [2.75, 3.05) is 6.61 Å². The van der Waals surface area contributed by atoms with Crippen LogP contribution in [0.5, 0.6) is 0 Å². The molecule has 112 valence electrons. The van der Waals surface area contributed by atoms with Crippen LogP contribution in [0.3, 0.4) is 0 Å². The van der Waals surface area contributed by atoms with Crippen LogP contribution in [-0.2, 0) is 9.47 Å².